The Morgan fingerprint density at radius 1 is 0.893 bits per heavy atom. The van der Waals surface area contributed by atoms with Gasteiger partial charge >= 0.3 is 0 Å². The van der Waals surface area contributed by atoms with Crippen LogP contribution in [0.1, 0.15) is 29.8 Å². The van der Waals surface area contributed by atoms with E-state index in [2.05, 4.69) is 15.8 Å². The molecule has 3 aromatic carbocycles. The third-order valence-corrected chi connectivity index (χ3v) is 4.31. The first-order valence-corrected chi connectivity index (χ1v) is 9.17. The summed E-state index contributed by atoms with van der Waals surface area (Å²) in [7, 11) is 0. The highest BCUT2D eigenvalue weighted by molar-refractivity contribution is 6.00. The van der Waals surface area contributed by atoms with E-state index in [-0.39, 0.29) is 11.8 Å². The Bertz CT molecular complexity index is 1010. The molecule has 0 radical (unpaired) electrons. The highest BCUT2D eigenvalue weighted by atomic mass is 16.2. The Morgan fingerprint density at radius 3 is 2.29 bits per heavy atom. The number of carbonyl (C=O) groups is 2. The lowest BCUT2D eigenvalue weighted by Gasteiger charge is -2.17. The second-order valence-corrected chi connectivity index (χ2v) is 6.81. The first kappa shape index (κ1) is 19.3. The van der Waals surface area contributed by atoms with E-state index in [0.717, 1.165) is 22.0 Å². The minimum absolute atomic E-state index is 0.293. The molecule has 2 N–H and O–H groups in total. The normalized spacial score (nSPS) is 11.5. The second kappa shape index (κ2) is 8.95. The van der Waals surface area contributed by atoms with Crippen molar-refractivity contribution in [2.24, 2.45) is 5.10 Å². The van der Waals surface area contributed by atoms with Gasteiger partial charge < -0.3 is 5.32 Å². The molecule has 3 rings (SSSR count). The molecule has 0 aliphatic heterocycles. The number of hydrogen-bond acceptors (Lipinski definition) is 3. The summed E-state index contributed by atoms with van der Waals surface area (Å²) in [5.74, 6) is -0.641. The lowest BCUT2D eigenvalue weighted by atomic mass is 10.0. The van der Waals surface area contributed by atoms with Crippen molar-refractivity contribution >= 4 is 28.3 Å². The summed E-state index contributed by atoms with van der Waals surface area (Å²) in [6.07, 6.45) is 0.379. The molecule has 142 valence electrons. The van der Waals surface area contributed by atoms with Crippen LogP contribution in [-0.2, 0) is 11.2 Å². The highest BCUT2D eigenvalue weighted by Gasteiger charge is 2.22. The maximum atomic E-state index is 12.8. The van der Waals surface area contributed by atoms with Crippen LogP contribution in [0.5, 0.6) is 0 Å². The van der Waals surface area contributed by atoms with Gasteiger partial charge in [0.05, 0.1) is 0 Å². The zero-order valence-corrected chi connectivity index (χ0v) is 16.0. The molecule has 3 aromatic rings. The Kier molecular flexibility index (Phi) is 6.17. The number of carbonyl (C=O) groups excluding carboxylic acids is 2. The maximum Gasteiger partial charge on any atom is 0.262 e. The van der Waals surface area contributed by atoms with Crippen molar-refractivity contribution in [3.05, 3.63) is 83.9 Å². The second-order valence-electron chi connectivity index (χ2n) is 6.81. The topological polar surface area (TPSA) is 70.6 Å². The SMILES string of the molecule is CC(C)=NNC(=O)[C@H](Cc1ccccc1)NC(=O)c1ccc2ccccc2c1. The molecule has 0 fully saturated rings. The van der Waals surface area contributed by atoms with E-state index in [9.17, 15) is 9.59 Å². The fraction of sp³-hybridized carbons (Fsp3) is 0.174. The standard InChI is InChI=1S/C23H23N3O2/c1-16(2)25-26-23(28)21(14-17-8-4-3-5-9-17)24-22(27)20-13-12-18-10-6-7-11-19(18)15-20/h3-13,15,21H,14H2,1-2H3,(H,24,27)(H,26,28)/t21-/m0/s1. The number of fused-ring (bicyclic) bond motifs is 1. The number of nitrogens with one attached hydrogen (secondary N) is 2. The minimum atomic E-state index is -0.732. The molecule has 0 spiro atoms. The van der Waals surface area contributed by atoms with Gasteiger partial charge in [-0.1, -0.05) is 60.7 Å². The molecule has 0 saturated heterocycles. The Morgan fingerprint density at radius 2 is 1.57 bits per heavy atom. The van der Waals surface area contributed by atoms with E-state index in [1.165, 1.54) is 0 Å². The number of benzene rings is 3. The average Bonchev–Trinajstić information content (AvgIpc) is 2.71. The summed E-state index contributed by atoms with van der Waals surface area (Å²) in [6.45, 7) is 3.58. The zero-order valence-electron chi connectivity index (χ0n) is 16.0. The number of nitrogens with zero attached hydrogens (tertiary/aromatic N) is 1. The van der Waals surface area contributed by atoms with E-state index >= 15 is 0 Å². The van der Waals surface area contributed by atoms with Gasteiger partial charge in [-0.2, -0.15) is 5.10 Å². The Balaban J connectivity index is 1.81. The summed E-state index contributed by atoms with van der Waals surface area (Å²) < 4.78 is 0. The largest absolute Gasteiger partial charge is 0.340 e. The molecule has 0 aliphatic rings. The molecular weight excluding hydrogens is 350 g/mol. The van der Waals surface area contributed by atoms with Gasteiger partial charge in [0.1, 0.15) is 6.04 Å². The monoisotopic (exact) mass is 373 g/mol. The number of hydrogen-bond donors (Lipinski definition) is 2. The predicted molar refractivity (Wildman–Crippen MR) is 112 cm³/mol. The first-order valence-electron chi connectivity index (χ1n) is 9.17. The highest BCUT2D eigenvalue weighted by Crippen LogP contribution is 2.16. The predicted octanol–water partition coefficient (Wildman–Crippen LogP) is 3.69. The van der Waals surface area contributed by atoms with Crippen molar-refractivity contribution < 1.29 is 9.59 Å². The molecule has 0 unspecified atom stereocenters. The summed E-state index contributed by atoms with van der Waals surface area (Å²) in [5, 5.41) is 8.86. The molecule has 28 heavy (non-hydrogen) atoms. The van der Waals surface area contributed by atoms with Gasteiger partial charge in [0.25, 0.3) is 11.8 Å². The molecule has 2 amide bonds. The quantitative estimate of drug-likeness (QED) is 0.511. The van der Waals surface area contributed by atoms with Crippen LogP contribution in [0.2, 0.25) is 0 Å². The van der Waals surface area contributed by atoms with Crippen molar-refractivity contribution in [2.45, 2.75) is 26.3 Å². The molecule has 0 heterocycles. The van der Waals surface area contributed by atoms with Crippen molar-refractivity contribution in [3.63, 3.8) is 0 Å². The van der Waals surface area contributed by atoms with Crippen LogP contribution in [0.25, 0.3) is 10.8 Å². The van der Waals surface area contributed by atoms with Crippen LogP contribution in [0.15, 0.2) is 77.9 Å². The van der Waals surface area contributed by atoms with E-state index in [4.69, 9.17) is 0 Å². The van der Waals surface area contributed by atoms with Crippen LogP contribution < -0.4 is 10.7 Å². The average molecular weight is 373 g/mol. The number of rotatable bonds is 6. The van der Waals surface area contributed by atoms with Gasteiger partial charge in [-0.25, -0.2) is 5.43 Å². The van der Waals surface area contributed by atoms with E-state index in [1.54, 1.807) is 19.9 Å². The minimum Gasteiger partial charge on any atom is -0.340 e. The first-order chi connectivity index (χ1) is 13.5. The smallest absolute Gasteiger partial charge is 0.262 e. The van der Waals surface area contributed by atoms with Crippen LogP contribution in [0, 0.1) is 0 Å². The van der Waals surface area contributed by atoms with Gasteiger partial charge in [-0.05, 0) is 42.3 Å². The Labute approximate surface area is 164 Å². The Hall–Kier alpha value is -3.47. The summed E-state index contributed by atoms with van der Waals surface area (Å²) in [5.41, 5.74) is 4.72. The lowest BCUT2D eigenvalue weighted by Crippen LogP contribution is -2.47. The molecular formula is C23H23N3O2. The van der Waals surface area contributed by atoms with Crippen LogP contribution in [-0.4, -0.2) is 23.6 Å². The summed E-state index contributed by atoms with van der Waals surface area (Å²) in [4.78, 5) is 25.4. The third kappa shape index (κ3) is 5.04. The molecule has 0 aliphatic carbocycles. The van der Waals surface area contributed by atoms with E-state index in [1.807, 2.05) is 66.7 Å². The molecule has 0 aromatic heterocycles. The van der Waals surface area contributed by atoms with Crippen molar-refractivity contribution in [3.8, 4) is 0 Å². The summed E-state index contributed by atoms with van der Waals surface area (Å²) in [6, 6.07) is 22.2. The van der Waals surface area contributed by atoms with Gasteiger partial charge in [0.2, 0.25) is 0 Å². The van der Waals surface area contributed by atoms with Crippen molar-refractivity contribution in [1.29, 1.82) is 0 Å². The maximum absolute atomic E-state index is 12.8. The van der Waals surface area contributed by atoms with Crippen molar-refractivity contribution in [2.75, 3.05) is 0 Å². The number of hydrazone groups is 1. The van der Waals surface area contributed by atoms with E-state index in [0.29, 0.717) is 12.0 Å². The third-order valence-electron chi connectivity index (χ3n) is 4.31. The molecule has 5 heteroatoms. The fourth-order valence-corrected chi connectivity index (χ4v) is 2.88. The molecule has 5 nitrogen and oxygen atoms in total. The fourth-order valence-electron chi connectivity index (χ4n) is 2.88. The number of amides is 2. The zero-order chi connectivity index (χ0) is 19.9. The molecule has 1 atom stereocenters. The van der Waals surface area contributed by atoms with Gasteiger partial charge in [0.15, 0.2) is 0 Å². The van der Waals surface area contributed by atoms with Crippen LogP contribution >= 0.6 is 0 Å². The van der Waals surface area contributed by atoms with Gasteiger partial charge in [-0.3, -0.25) is 9.59 Å². The molecule has 0 saturated carbocycles. The van der Waals surface area contributed by atoms with Crippen LogP contribution in [0.4, 0.5) is 0 Å². The van der Waals surface area contributed by atoms with Gasteiger partial charge in [-0.15, -0.1) is 0 Å². The van der Waals surface area contributed by atoms with E-state index < -0.39 is 6.04 Å². The lowest BCUT2D eigenvalue weighted by molar-refractivity contribution is -0.122. The molecule has 0 bridgehead atoms. The van der Waals surface area contributed by atoms with Crippen LogP contribution in [0.3, 0.4) is 0 Å². The van der Waals surface area contributed by atoms with Crippen molar-refractivity contribution in [1.82, 2.24) is 10.7 Å². The van der Waals surface area contributed by atoms with Gasteiger partial charge in [0, 0.05) is 17.7 Å². The summed E-state index contributed by atoms with van der Waals surface area (Å²) >= 11 is 0.